The Kier molecular flexibility index (Phi) is 6.72. The number of nitrogens with two attached hydrogens (primary N) is 1. The third kappa shape index (κ3) is 3.24. The summed E-state index contributed by atoms with van der Waals surface area (Å²) in [6.45, 7) is 2.51. The lowest BCUT2D eigenvalue weighted by Crippen LogP contribution is -2.23. The van der Waals surface area contributed by atoms with Gasteiger partial charge in [0.2, 0.25) is 0 Å². The Hall–Kier alpha value is -0.510. The zero-order chi connectivity index (χ0) is 9.97. The van der Waals surface area contributed by atoms with Gasteiger partial charge in [0.25, 0.3) is 0 Å². The van der Waals surface area contributed by atoms with Crippen LogP contribution in [0, 0.1) is 11.7 Å². The average molecular weight is 267 g/mol. The molecule has 1 aliphatic heterocycles. The zero-order valence-electron chi connectivity index (χ0n) is 8.93. The second-order valence-corrected chi connectivity index (χ2v) is 3.79. The highest BCUT2D eigenvalue weighted by atomic mass is 35.5. The molecule has 0 aromatic heterocycles. The molecule has 1 heterocycles. The molecule has 0 saturated carbocycles. The summed E-state index contributed by atoms with van der Waals surface area (Å²) in [5.41, 5.74) is 6.30. The first kappa shape index (κ1) is 15.5. The summed E-state index contributed by atoms with van der Waals surface area (Å²) in [7, 11) is 0. The minimum absolute atomic E-state index is 0. The van der Waals surface area contributed by atoms with Gasteiger partial charge in [-0.05, 0) is 31.0 Å². The van der Waals surface area contributed by atoms with Crippen LogP contribution in [0.15, 0.2) is 24.3 Å². The Morgan fingerprint density at radius 2 is 2.00 bits per heavy atom. The molecule has 2 nitrogen and oxygen atoms in total. The molecule has 92 valence electrons. The van der Waals surface area contributed by atoms with E-state index in [1.165, 1.54) is 6.07 Å². The third-order valence-electron chi connectivity index (χ3n) is 2.81. The van der Waals surface area contributed by atoms with E-state index in [-0.39, 0.29) is 30.6 Å². The lowest BCUT2D eigenvalue weighted by molar-refractivity contribution is 0.597. The number of halogens is 3. The maximum atomic E-state index is 13.4. The number of rotatable bonds is 2. The summed E-state index contributed by atoms with van der Waals surface area (Å²) >= 11 is 0. The van der Waals surface area contributed by atoms with Crippen molar-refractivity contribution in [3.8, 4) is 0 Å². The monoisotopic (exact) mass is 266 g/mol. The van der Waals surface area contributed by atoms with Crippen molar-refractivity contribution < 1.29 is 4.39 Å². The van der Waals surface area contributed by atoms with Crippen LogP contribution in [0.5, 0.6) is 0 Å². The largest absolute Gasteiger partial charge is 0.369 e. The molecule has 0 radical (unpaired) electrons. The molecule has 1 unspecified atom stereocenters. The zero-order valence-corrected chi connectivity index (χ0v) is 10.6. The van der Waals surface area contributed by atoms with Crippen molar-refractivity contribution in [3.63, 3.8) is 0 Å². The Bertz CT molecular complexity index is 323. The molecule has 0 aliphatic carbocycles. The van der Waals surface area contributed by atoms with E-state index in [2.05, 4.69) is 4.90 Å². The van der Waals surface area contributed by atoms with E-state index in [1.54, 1.807) is 6.07 Å². The molecule has 2 N–H and O–H groups in total. The molecule has 1 atom stereocenters. The fraction of sp³-hybridized carbons (Fsp3) is 0.455. The first-order valence-corrected chi connectivity index (χ1v) is 5.01. The molecular weight excluding hydrogens is 250 g/mol. The third-order valence-corrected chi connectivity index (χ3v) is 2.81. The van der Waals surface area contributed by atoms with Crippen molar-refractivity contribution in [2.75, 3.05) is 24.5 Å². The Labute approximate surface area is 108 Å². The molecule has 0 spiro atoms. The minimum Gasteiger partial charge on any atom is -0.369 e. The molecule has 2 rings (SSSR count). The van der Waals surface area contributed by atoms with E-state index in [1.807, 2.05) is 12.1 Å². The second kappa shape index (κ2) is 6.94. The van der Waals surface area contributed by atoms with Gasteiger partial charge in [-0.3, -0.25) is 0 Å². The number of hydrogen-bond donors (Lipinski definition) is 1. The van der Waals surface area contributed by atoms with Gasteiger partial charge in [-0.15, -0.1) is 24.8 Å². The fourth-order valence-corrected chi connectivity index (χ4v) is 1.95. The van der Waals surface area contributed by atoms with Gasteiger partial charge in [0.05, 0.1) is 5.69 Å². The first-order chi connectivity index (χ1) is 6.81. The topological polar surface area (TPSA) is 29.3 Å². The van der Waals surface area contributed by atoms with Crippen LogP contribution in [0.25, 0.3) is 0 Å². The molecule has 0 amide bonds. The predicted molar refractivity (Wildman–Crippen MR) is 70.3 cm³/mol. The smallest absolute Gasteiger partial charge is 0.146 e. The number of anilines is 1. The van der Waals surface area contributed by atoms with Gasteiger partial charge in [0.15, 0.2) is 0 Å². The van der Waals surface area contributed by atoms with E-state index in [4.69, 9.17) is 5.73 Å². The summed E-state index contributed by atoms with van der Waals surface area (Å²) in [5.74, 6) is 0.389. The second-order valence-electron chi connectivity index (χ2n) is 3.79. The Morgan fingerprint density at radius 3 is 2.56 bits per heavy atom. The molecule has 1 aromatic rings. The van der Waals surface area contributed by atoms with Crippen molar-refractivity contribution in [2.45, 2.75) is 6.42 Å². The Balaban J connectivity index is 0.00000112. The molecule has 5 heteroatoms. The predicted octanol–water partition coefficient (Wildman–Crippen LogP) is 2.45. The van der Waals surface area contributed by atoms with Crippen LogP contribution in [-0.4, -0.2) is 19.6 Å². The summed E-state index contributed by atoms with van der Waals surface area (Å²) < 4.78 is 13.4. The van der Waals surface area contributed by atoms with Gasteiger partial charge in [0, 0.05) is 13.1 Å². The van der Waals surface area contributed by atoms with Gasteiger partial charge < -0.3 is 10.6 Å². The van der Waals surface area contributed by atoms with Crippen LogP contribution in [0.3, 0.4) is 0 Å². The summed E-state index contributed by atoms with van der Waals surface area (Å²) in [4.78, 5) is 2.08. The molecule has 1 fully saturated rings. The molecule has 1 aliphatic rings. The SMILES string of the molecule is Cl.Cl.NCC1CCN(c2ccccc2F)C1. The van der Waals surface area contributed by atoms with Crippen molar-refractivity contribution in [2.24, 2.45) is 11.7 Å². The lowest BCUT2D eigenvalue weighted by Gasteiger charge is -2.18. The number of nitrogens with zero attached hydrogens (tertiary/aromatic N) is 1. The van der Waals surface area contributed by atoms with E-state index >= 15 is 0 Å². The van der Waals surface area contributed by atoms with E-state index in [0.717, 1.165) is 19.5 Å². The molecule has 1 aromatic carbocycles. The summed E-state index contributed by atoms with van der Waals surface area (Å²) in [6.07, 6.45) is 1.07. The summed E-state index contributed by atoms with van der Waals surface area (Å²) in [5, 5.41) is 0. The van der Waals surface area contributed by atoms with E-state index in [9.17, 15) is 4.39 Å². The van der Waals surface area contributed by atoms with Crippen molar-refractivity contribution in [3.05, 3.63) is 30.1 Å². The maximum absolute atomic E-state index is 13.4. The van der Waals surface area contributed by atoms with Crippen LogP contribution in [-0.2, 0) is 0 Å². The van der Waals surface area contributed by atoms with E-state index in [0.29, 0.717) is 18.2 Å². The molecule has 0 bridgehead atoms. The number of benzene rings is 1. The van der Waals surface area contributed by atoms with Crippen LogP contribution < -0.4 is 10.6 Å². The van der Waals surface area contributed by atoms with Crippen molar-refractivity contribution in [1.29, 1.82) is 0 Å². The van der Waals surface area contributed by atoms with E-state index < -0.39 is 0 Å². The highest BCUT2D eigenvalue weighted by molar-refractivity contribution is 5.85. The fourth-order valence-electron chi connectivity index (χ4n) is 1.95. The normalized spacial score (nSPS) is 18.9. The van der Waals surface area contributed by atoms with Gasteiger partial charge in [-0.25, -0.2) is 4.39 Å². The van der Waals surface area contributed by atoms with Gasteiger partial charge >= 0.3 is 0 Å². The van der Waals surface area contributed by atoms with Gasteiger partial charge in [0.1, 0.15) is 5.82 Å². The summed E-state index contributed by atoms with van der Waals surface area (Å²) in [6, 6.07) is 6.92. The van der Waals surface area contributed by atoms with Crippen molar-refractivity contribution >= 4 is 30.5 Å². The first-order valence-electron chi connectivity index (χ1n) is 5.01. The highest BCUT2D eigenvalue weighted by Gasteiger charge is 2.22. The van der Waals surface area contributed by atoms with Crippen LogP contribution in [0.4, 0.5) is 10.1 Å². The molecule has 1 saturated heterocycles. The number of para-hydroxylation sites is 1. The van der Waals surface area contributed by atoms with Gasteiger partial charge in [-0.1, -0.05) is 12.1 Å². The van der Waals surface area contributed by atoms with Crippen LogP contribution in [0.2, 0.25) is 0 Å². The number of hydrogen-bond acceptors (Lipinski definition) is 2. The van der Waals surface area contributed by atoms with Crippen molar-refractivity contribution in [1.82, 2.24) is 0 Å². The van der Waals surface area contributed by atoms with Gasteiger partial charge in [-0.2, -0.15) is 0 Å². The lowest BCUT2D eigenvalue weighted by atomic mass is 10.1. The standard InChI is InChI=1S/C11H15FN2.2ClH/c12-10-3-1-2-4-11(10)14-6-5-9(7-13)8-14;;/h1-4,9H,5-8,13H2;2*1H. The molecular formula is C11H17Cl2FN2. The maximum Gasteiger partial charge on any atom is 0.146 e. The Morgan fingerprint density at radius 1 is 1.31 bits per heavy atom. The average Bonchev–Trinajstić information content (AvgIpc) is 2.67. The highest BCUT2D eigenvalue weighted by Crippen LogP contribution is 2.25. The quantitative estimate of drug-likeness (QED) is 0.891. The van der Waals surface area contributed by atoms with Crippen LogP contribution in [0.1, 0.15) is 6.42 Å². The molecule has 16 heavy (non-hydrogen) atoms. The van der Waals surface area contributed by atoms with Crippen LogP contribution >= 0.6 is 24.8 Å². The minimum atomic E-state index is -0.134.